The smallest absolute Gasteiger partial charge is 0.115 e. The van der Waals surface area contributed by atoms with Crippen LogP contribution in [0.2, 0.25) is 0 Å². The molecule has 2 N–H and O–H groups in total. The molecule has 0 bridgehead atoms. The van der Waals surface area contributed by atoms with Gasteiger partial charge < -0.3 is 10.2 Å². The van der Waals surface area contributed by atoms with Gasteiger partial charge in [0, 0.05) is 49.4 Å². The molecule has 1 radical (unpaired) electrons. The summed E-state index contributed by atoms with van der Waals surface area (Å²) in [5, 5.41) is 19.9. The Balaban J connectivity index is 0.00000280. The number of benzene rings is 2. The fourth-order valence-electron chi connectivity index (χ4n) is 4.27. The van der Waals surface area contributed by atoms with Crippen molar-refractivity contribution in [2.45, 2.75) is 61.8 Å². The van der Waals surface area contributed by atoms with E-state index >= 15 is 0 Å². The van der Waals surface area contributed by atoms with Gasteiger partial charge in [0.05, 0.1) is 6.10 Å². The first kappa shape index (κ1) is 24.2. The van der Waals surface area contributed by atoms with Gasteiger partial charge in [0.2, 0.25) is 0 Å². The van der Waals surface area contributed by atoms with Crippen LogP contribution in [0.4, 0.5) is 0 Å². The van der Waals surface area contributed by atoms with Gasteiger partial charge in [-0.1, -0.05) is 49.7 Å². The number of aliphatic hydroxyl groups excluding tert-OH is 1. The first-order valence-corrected chi connectivity index (χ1v) is 10.7. The van der Waals surface area contributed by atoms with Gasteiger partial charge in [0.15, 0.2) is 0 Å². The van der Waals surface area contributed by atoms with Crippen molar-refractivity contribution in [2.24, 2.45) is 5.92 Å². The Morgan fingerprint density at radius 1 is 1.07 bits per heavy atom. The molecule has 149 valence electrons. The van der Waals surface area contributed by atoms with E-state index in [4.69, 9.17) is 23.2 Å². The summed E-state index contributed by atoms with van der Waals surface area (Å²) in [5.74, 6) is 0.807. The van der Waals surface area contributed by atoms with Gasteiger partial charge in [0.25, 0.3) is 0 Å². The molecule has 0 aromatic heterocycles. The SMILES string of the molecule is CCCC(O)c1ccc(C2C(Cl)CC(Cl)C2CCc2cccc(O)c2)cc1.[Y]. The second-order valence-electron chi connectivity index (χ2n) is 7.64. The Kier molecular flexibility index (Phi) is 9.77. The van der Waals surface area contributed by atoms with Gasteiger partial charge >= 0.3 is 0 Å². The van der Waals surface area contributed by atoms with Crippen LogP contribution in [0.15, 0.2) is 48.5 Å². The number of hydrogen-bond acceptors (Lipinski definition) is 2. The summed E-state index contributed by atoms with van der Waals surface area (Å²) >= 11 is 13.4. The fourth-order valence-corrected chi connectivity index (χ4v) is 5.36. The van der Waals surface area contributed by atoms with E-state index in [9.17, 15) is 10.2 Å². The molecule has 0 saturated heterocycles. The van der Waals surface area contributed by atoms with Crippen LogP contribution in [0, 0.1) is 5.92 Å². The number of rotatable bonds is 7. The third-order valence-corrected chi connectivity index (χ3v) is 6.66. The monoisotopic (exact) mass is 495 g/mol. The molecule has 0 spiro atoms. The van der Waals surface area contributed by atoms with Crippen molar-refractivity contribution in [1.82, 2.24) is 0 Å². The summed E-state index contributed by atoms with van der Waals surface area (Å²) in [6.07, 6.45) is 3.94. The van der Waals surface area contributed by atoms with E-state index in [-0.39, 0.29) is 49.4 Å². The standard InChI is InChI=1S/C23H28Cl2O2.Y/c1-2-4-22(27)16-8-10-17(11-9-16)23-19(20(24)14-21(23)25)12-7-15-5-3-6-18(26)13-15;/h3,5-6,8-11,13,19-23,26-27H,2,4,7,12,14H2,1H3;. The molecule has 2 aromatic carbocycles. The molecule has 5 atom stereocenters. The molecule has 1 aliphatic carbocycles. The van der Waals surface area contributed by atoms with E-state index in [0.29, 0.717) is 11.7 Å². The van der Waals surface area contributed by atoms with Crippen LogP contribution in [-0.2, 0) is 39.1 Å². The molecule has 5 unspecified atom stereocenters. The minimum Gasteiger partial charge on any atom is -0.508 e. The molecule has 1 aliphatic rings. The minimum atomic E-state index is -0.401. The molecule has 2 aromatic rings. The molecule has 0 heterocycles. The predicted molar refractivity (Wildman–Crippen MR) is 113 cm³/mol. The predicted octanol–water partition coefficient (Wildman–Crippen LogP) is 6.17. The zero-order valence-electron chi connectivity index (χ0n) is 16.3. The first-order chi connectivity index (χ1) is 13.0. The zero-order chi connectivity index (χ0) is 19.4. The minimum absolute atomic E-state index is 0. The van der Waals surface area contributed by atoms with E-state index in [0.717, 1.165) is 43.2 Å². The summed E-state index contributed by atoms with van der Waals surface area (Å²) in [6.45, 7) is 2.08. The molecule has 0 amide bonds. The Labute approximate surface area is 203 Å². The summed E-state index contributed by atoms with van der Waals surface area (Å²) in [4.78, 5) is 0. The number of aryl methyl sites for hydroxylation is 1. The fraction of sp³-hybridized carbons (Fsp3) is 0.478. The molecule has 3 rings (SSSR count). The van der Waals surface area contributed by atoms with E-state index in [1.807, 2.05) is 30.3 Å². The largest absolute Gasteiger partial charge is 0.508 e. The second kappa shape index (κ2) is 11.3. The molecule has 1 saturated carbocycles. The van der Waals surface area contributed by atoms with Gasteiger partial charge in [-0.2, -0.15) is 0 Å². The van der Waals surface area contributed by atoms with Gasteiger partial charge in [-0.3, -0.25) is 0 Å². The third kappa shape index (κ3) is 5.95. The van der Waals surface area contributed by atoms with E-state index in [1.165, 1.54) is 5.56 Å². The van der Waals surface area contributed by atoms with E-state index in [2.05, 4.69) is 19.1 Å². The Morgan fingerprint density at radius 3 is 2.43 bits per heavy atom. The molecule has 1 fully saturated rings. The third-order valence-electron chi connectivity index (χ3n) is 5.71. The molecular weight excluding hydrogens is 468 g/mol. The molecule has 2 nitrogen and oxygen atoms in total. The van der Waals surface area contributed by atoms with Crippen LogP contribution in [0.3, 0.4) is 0 Å². The van der Waals surface area contributed by atoms with Crippen LogP contribution < -0.4 is 0 Å². The summed E-state index contributed by atoms with van der Waals surface area (Å²) < 4.78 is 0. The van der Waals surface area contributed by atoms with Crippen molar-refractivity contribution in [3.8, 4) is 5.75 Å². The normalized spacial score (nSPS) is 25.3. The zero-order valence-corrected chi connectivity index (χ0v) is 20.6. The van der Waals surface area contributed by atoms with Crippen LogP contribution in [0.5, 0.6) is 5.75 Å². The molecule has 5 heteroatoms. The number of aliphatic hydroxyl groups is 1. The van der Waals surface area contributed by atoms with Gasteiger partial charge in [-0.15, -0.1) is 23.2 Å². The number of aromatic hydroxyl groups is 1. The molecular formula is C23H28Cl2O2Y. The van der Waals surface area contributed by atoms with Crippen molar-refractivity contribution in [2.75, 3.05) is 0 Å². The van der Waals surface area contributed by atoms with Crippen LogP contribution in [-0.4, -0.2) is 21.0 Å². The first-order valence-electron chi connectivity index (χ1n) is 9.83. The van der Waals surface area contributed by atoms with Gasteiger partial charge in [0.1, 0.15) is 5.75 Å². The van der Waals surface area contributed by atoms with E-state index < -0.39 is 6.10 Å². The number of hydrogen-bond donors (Lipinski definition) is 2. The quantitative estimate of drug-likeness (QED) is 0.450. The molecule has 0 aliphatic heterocycles. The maximum absolute atomic E-state index is 10.2. The maximum atomic E-state index is 10.2. The summed E-state index contributed by atoms with van der Waals surface area (Å²) in [6, 6.07) is 15.7. The maximum Gasteiger partial charge on any atom is 0.115 e. The van der Waals surface area contributed by atoms with Crippen LogP contribution in [0.1, 0.15) is 61.3 Å². The summed E-state index contributed by atoms with van der Waals surface area (Å²) in [7, 11) is 0. The Bertz CT molecular complexity index is 738. The van der Waals surface area contributed by atoms with Crippen LogP contribution >= 0.6 is 23.2 Å². The van der Waals surface area contributed by atoms with Crippen molar-refractivity contribution in [3.05, 3.63) is 65.2 Å². The summed E-state index contributed by atoms with van der Waals surface area (Å²) in [5.41, 5.74) is 3.28. The van der Waals surface area contributed by atoms with Crippen molar-refractivity contribution in [3.63, 3.8) is 0 Å². The second-order valence-corrected chi connectivity index (χ2v) is 8.76. The van der Waals surface area contributed by atoms with Crippen LogP contribution in [0.25, 0.3) is 0 Å². The number of phenols is 1. The van der Waals surface area contributed by atoms with Crippen molar-refractivity contribution < 1.29 is 42.9 Å². The van der Waals surface area contributed by atoms with Gasteiger partial charge in [-0.05, 0) is 60.4 Å². The Hall–Kier alpha value is -0.116. The topological polar surface area (TPSA) is 40.5 Å². The van der Waals surface area contributed by atoms with Gasteiger partial charge in [-0.25, -0.2) is 0 Å². The van der Waals surface area contributed by atoms with Crippen molar-refractivity contribution in [1.29, 1.82) is 0 Å². The Morgan fingerprint density at radius 2 is 1.79 bits per heavy atom. The average Bonchev–Trinajstić information content (AvgIpc) is 2.93. The number of alkyl halides is 2. The number of halogens is 2. The molecule has 28 heavy (non-hydrogen) atoms. The van der Waals surface area contributed by atoms with Crippen molar-refractivity contribution >= 4 is 23.2 Å². The number of phenolic OH excluding ortho intramolecular Hbond substituents is 1. The van der Waals surface area contributed by atoms with E-state index in [1.54, 1.807) is 6.07 Å². The average molecular weight is 496 g/mol.